The lowest BCUT2D eigenvalue weighted by molar-refractivity contribution is -0.152. The zero-order valence-electron chi connectivity index (χ0n) is 30.4. The Hall–Kier alpha value is -4.53. The molecule has 2 heterocycles. The fourth-order valence-electron chi connectivity index (χ4n) is 5.85. The third kappa shape index (κ3) is 10.0. The summed E-state index contributed by atoms with van der Waals surface area (Å²) in [5, 5.41) is 0. The van der Waals surface area contributed by atoms with Crippen LogP contribution >= 0.6 is 0 Å². The summed E-state index contributed by atoms with van der Waals surface area (Å²) in [6.07, 6.45) is 0.934. The normalized spacial score (nSPS) is 17.3. The van der Waals surface area contributed by atoms with Crippen molar-refractivity contribution in [1.82, 2.24) is 0 Å². The minimum absolute atomic E-state index is 0.171. The molecule has 8 nitrogen and oxygen atoms in total. The summed E-state index contributed by atoms with van der Waals surface area (Å²) in [5.41, 5.74) is 4.23. The van der Waals surface area contributed by atoms with E-state index in [-0.39, 0.29) is 42.2 Å². The predicted molar refractivity (Wildman–Crippen MR) is 196 cm³/mol. The number of epoxide rings is 2. The van der Waals surface area contributed by atoms with Crippen molar-refractivity contribution in [1.29, 1.82) is 0 Å². The van der Waals surface area contributed by atoms with Gasteiger partial charge >= 0.3 is 5.97 Å². The number of ether oxygens (including phenoxy) is 7. The molecule has 0 bridgehead atoms. The Morgan fingerprint density at radius 2 is 0.902 bits per heavy atom. The Balaban J connectivity index is 1.03. The molecule has 2 unspecified atom stereocenters. The average Bonchev–Trinajstić information content (AvgIpc) is 4.08. The number of carbonyl (C=O) groups is 1. The highest BCUT2D eigenvalue weighted by molar-refractivity contribution is 5.69. The van der Waals surface area contributed by atoms with E-state index in [0.29, 0.717) is 37.6 Å². The largest absolute Gasteiger partial charge is 0.491 e. The van der Waals surface area contributed by atoms with E-state index in [1.165, 1.54) is 11.1 Å². The monoisotopic (exact) mass is 694 g/mol. The van der Waals surface area contributed by atoms with Crippen molar-refractivity contribution in [3.8, 4) is 23.0 Å². The molecule has 51 heavy (non-hydrogen) atoms. The fraction of sp³-hybridized carbons (Fsp3) is 0.419. The first-order chi connectivity index (χ1) is 24.6. The number of benzene rings is 4. The number of carbonyl (C=O) groups excluding carboxylic acids is 1. The summed E-state index contributed by atoms with van der Waals surface area (Å²) < 4.78 is 40.1. The second kappa shape index (κ2) is 16.2. The van der Waals surface area contributed by atoms with Gasteiger partial charge in [0.25, 0.3) is 0 Å². The Kier molecular flexibility index (Phi) is 11.5. The highest BCUT2D eigenvalue weighted by Gasteiger charge is 2.27. The standard InChI is InChI=1S/C43H50O8/c1-6-7-41(44)51-40(28-47-36-20-12-32(13-21-36)42(2,3)30-8-16-34(17-9-30)45-24-38-26-49-38)29-48-37-22-14-33(15-23-37)43(4,5)31-10-18-35(19-11-31)46-25-39-27-50-39/h8-23,38-40H,6-7,24-29H2,1-5H3. The van der Waals surface area contributed by atoms with Crippen LogP contribution in [0.2, 0.25) is 0 Å². The molecule has 0 saturated carbocycles. The second-order valence-corrected chi connectivity index (χ2v) is 14.4. The van der Waals surface area contributed by atoms with Crippen molar-refractivity contribution >= 4 is 5.97 Å². The van der Waals surface area contributed by atoms with Crippen LogP contribution in [-0.2, 0) is 29.8 Å². The smallest absolute Gasteiger partial charge is 0.306 e. The minimum atomic E-state index is -0.573. The Morgan fingerprint density at radius 3 is 1.20 bits per heavy atom. The topological polar surface area (TPSA) is 88.3 Å². The van der Waals surface area contributed by atoms with Crippen LogP contribution in [0.4, 0.5) is 0 Å². The fourth-order valence-corrected chi connectivity index (χ4v) is 5.85. The maximum atomic E-state index is 12.5. The zero-order chi connectivity index (χ0) is 35.8. The molecule has 0 radical (unpaired) electrons. The Labute approximate surface area is 301 Å². The summed E-state index contributed by atoms with van der Waals surface area (Å²) >= 11 is 0. The van der Waals surface area contributed by atoms with Gasteiger partial charge in [-0.15, -0.1) is 0 Å². The van der Waals surface area contributed by atoms with Gasteiger partial charge in [-0.1, -0.05) is 83.1 Å². The SMILES string of the molecule is CCCC(=O)OC(COc1ccc(C(C)(C)c2ccc(OCC3CO3)cc2)cc1)COc1ccc(C(C)(C)c2ccc(OCC3CO3)cc2)cc1. The van der Waals surface area contributed by atoms with Gasteiger partial charge in [0.1, 0.15) is 61.6 Å². The third-order valence-corrected chi connectivity index (χ3v) is 9.60. The maximum Gasteiger partial charge on any atom is 0.306 e. The first-order valence-corrected chi connectivity index (χ1v) is 18.0. The number of esters is 1. The van der Waals surface area contributed by atoms with Crippen molar-refractivity contribution in [2.45, 2.75) is 76.6 Å². The van der Waals surface area contributed by atoms with Crippen LogP contribution in [-0.4, -0.2) is 63.9 Å². The van der Waals surface area contributed by atoms with Gasteiger partial charge in [0.05, 0.1) is 13.2 Å². The van der Waals surface area contributed by atoms with Crippen molar-refractivity contribution in [2.75, 3.05) is 39.6 Å². The van der Waals surface area contributed by atoms with E-state index in [1.807, 2.05) is 55.5 Å². The lowest BCUT2D eigenvalue weighted by Crippen LogP contribution is -2.31. The highest BCUT2D eigenvalue weighted by atomic mass is 16.6. The van der Waals surface area contributed by atoms with Gasteiger partial charge in [-0.05, 0) is 77.2 Å². The van der Waals surface area contributed by atoms with Gasteiger partial charge in [0, 0.05) is 17.3 Å². The maximum absolute atomic E-state index is 12.5. The molecule has 2 aliphatic rings. The molecule has 270 valence electrons. The Morgan fingerprint density at radius 1 is 0.588 bits per heavy atom. The second-order valence-electron chi connectivity index (χ2n) is 14.4. The molecule has 2 aliphatic heterocycles. The number of hydrogen-bond donors (Lipinski definition) is 0. The summed E-state index contributed by atoms with van der Waals surface area (Å²) in [7, 11) is 0. The van der Waals surface area contributed by atoms with Crippen LogP contribution in [0, 0.1) is 0 Å². The third-order valence-electron chi connectivity index (χ3n) is 9.60. The van der Waals surface area contributed by atoms with Crippen molar-refractivity contribution in [3.05, 3.63) is 119 Å². The van der Waals surface area contributed by atoms with Gasteiger partial charge in [-0.3, -0.25) is 4.79 Å². The molecule has 2 fully saturated rings. The highest BCUT2D eigenvalue weighted by Crippen LogP contribution is 2.35. The molecule has 2 atom stereocenters. The van der Waals surface area contributed by atoms with E-state index in [1.54, 1.807) is 0 Å². The number of hydrogen-bond acceptors (Lipinski definition) is 8. The van der Waals surface area contributed by atoms with Crippen LogP contribution in [0.5, 0.6) is 23.0 Å². The van der Waals surface area contributed by atoms with E-state index < -0.39 is 6.10 Å². The molecule has 8 heteroatoms. The van der Waals surface area contributed by atoms with E-state index in [4.69, 9.17) is 33.2 Å². The van der Waals surface area contributed by atoms with Crippen LogP contribution in [0.15, 0.2) is 97.1 Å². The predicted octanol–water partition coefficient (Wildman–Crippen LogP) is 8.06. The van der Waals surface area contributed by atoms with Crippen molar-refractivity contribution < 1.29 is 38.0 Å². The zero-order valence-corrected chi connectivity index (χ0v) is 30.4. The van der Waals surface area contributed by atoms with E-state index in [9.17, 15) is 4.79 Å². The van der Waals surface area contributed by atoms with Crippen molar-refractivity contribution in [3.63, 3.8) is 0 Å². The molecule has 4 aromatic carbocycles. The Bertz CT molecular complexity index is 1570. The van der Waals surface area contributed by atoms with Crippen LogP contribution in [0.25, 0.3) is 0 Å². The summed E-state index contributed by atoms with van der Waals surface area (Å²) in [5.74, 6) is 2.81. The van der Waals surface area contributed by atoms with E-state index >= 15 is 0 Å². The number of rotatable bonds is 19. The summed E-state index contributed by atoms with van der Waals surface area (Å²) in [4.78, 5) is 12.5. The molecule has 0 aromatic heterocycles. The molecule has 0 amide bonds. The molecule has 4 aromatic rings. The molecule has 0 spiro atoms. The lowest BCUT2D eigenvalue weighted by atomic mass is 9.78. The van der Waals surface area contributed by atoms with Crippen molar-refractivity contribution in [2.24, 2.45) is 0 Å². The lowest BCUT2D eigenvalue weighted by Gasteiger charge is -2.27. The first-order valence-electron chi connectivity index (χ1n) is 18.0. The van der Waals surface area contributed by atoms with Crippen LogP contribution in [0.1, 0.15) is 69.7 Å². The minimum Gasteiger partial charge on any atom is -0.491 e. The van der Waals surface area contributed by atoms with Gasteiger partial charge < -0.3 is 33.2 Å². The molecular formula is C43H50O8. The molecule has 2 saturated heterocycles. The van der Waals surface area contributed by atoms with E-state index in [0.717, 1.165) is 35.8 Å². The molecule has 6 rings (SSSR count). The van der Waals surface area contributed by atoms with Crippen LogP contribution < -0.4 is 18.9 Å². The average molecular weight is 695 g/mol. The summed E-state index contributed by atoms with van der Waals surface area (Å²) in [6.45, 7) is 13.8. The van der Waals surface area contributed by atoms with Gasteiger partial charge in [-0.25, -0.2) is 0 Å². The first kappa shape index (κ1) is 36.3. The van der Waals surface area contributed by atoms with Gasteiger partial charge in [0.15, 0.2) is 6.10 Å². The molecule has 0 N–H and O–H groups in total. The molecule has 0 aliphatic carbocycles. The van der Waals surface area contributed by atoms with Gasteiger partial charge in [-0.2, -0.15) is 0 Å². The van der Waals surface area contributed by atoms with Gasteiger partial charge in [0.2, 0.25) is 0 Å². The summed E-state index contributed by atoms with van der Waals surface area (Å²) in [6, 6.07) is 32.6. The molecular weight excluding hydrogens is 644 g/mol. The van der Waals surface area contributed by atoms with E-state index in [2.05, 4.69) is 76.2 Å². The quantitative estimate of drug-likeness (QED) is 0.0720. The van der Waals surface area contributed by atoms with Crippen LogP contribution in [0.3, 0.4) is 0 Å².